The number of amides is 1. The normalized spacial score (nSPS) is 26.4. The van der Waals surface area contributed by atoms with Crippen molar-refractivity contribution >= 4 is 5.91 Å². The van der Waals surface area contributed by atoms with Crippen LogP contribution in [0.5, 0.6) is 0 Å². The van der Waals surface area contributed by atoms with Gasteiger partial charge in [-0.05, 0) is 12.3 Å². The summed E-state index contributed by atoms with van der Waals surface area (Å²) in [4.78, 5) is 13.0. The Balaban J connectivity index is 2.39. The van der Waals surface area contributed by atoms with Gasteiger partial charge in [-0.15, -0.1) is 0 Å². The van der Waals surface area contributed by atoms with Crippen molar-refractivity contribution in [2.45, 2.75) is 19.4 Å². The van der Waals surface area contributed by atoms with Crippen LogP contribution in [-0.2, 0) is 4.79 Å². The summed E-state index contributed by atoms with van der Waals surface area (Å²) in [6.07, 6.45) is 0.747. The van der Waals surface area contributed by atoms with Crippen molar-refractivity contribution in [2.75, 3.05) is 19.7 Å². The first-order valence-corrected chi connectivity index (χ1v) is 4.30. The standard InChI is InChI=1S/C8H16N2O2/c1-6(5-11)4-10-3-2-7(9)8(10)12/h6-7,11H,2-5,9H2,1H3. The predicted molar refractivity (Wildman–Crippen MR) is 45.4 cm³/mol. The van der Waals surface area contributed by atoms with E-state index in [1.165, 1.54) is 0 Å². The van der Waals surface area contributed by atoms with E-state index in [1.807, 2.05) is 6.92 Å². The number of hydrogen-bond donors (Lipinski definition) is 2. The Morgan fingerprint density at radius 1 is 1.83 bits per heavy atom. The highest BCUT2D eigenvalue weighted by atomic mass is 16.3. The Hall–Kier alpha value is -0.610. The third-order valence-corrected chi connectivity index (χ3v) is 2.18. The van der Waals surface area contributed by atoms with E-state index in [9.17, 15) is 4.79 Å². The second-order valence-electron chi connectivity index (χ2n) is 3.47. The van der Waals surface area contributed by atoms with Gasteiger partial charge in [-0.1, -0.05) is 6.92 Å². The second-order valence-corrected chi connectivity index (χ2v) is 3.47. The largest absolute Gasteiger partial charge is 0.396 e. The highest BCUT2D eigenvalue weighted by molar-refractivity contribution is 5.83. The molecule has 0 aliphatic carbocycles. The van der Waals surface area contributed by atoms with Gasteiger partial charge in [0, 0.05) is 19.7 Å². The van der Waals surface area contributed by atoms with Gasteiger partial charge in [0.1, 0.15) is 0 Å². The molecule has 1 rings (SSSR count). The highest BCUT2D eigenvalue weighted by Gasteiger charge is 2.28. The number of carbonyl (C=O) groups is 1. The summed E-state index contributed by atoms with van der Waals surface area (Å²) in [6.45, 7) is 3.41. The van der Waals surface area contributed by atoms with E-state index in [1.54, 1.807) is 4.90 Å². The summed E-state index contributed by atoms with van der Waals surface area (Å²) in [6, 6.07) is -0.309. The fraction of sp³-hybridized carbons (Fsp3) is 0.875. The minimum absolute atomic E-state index is 0.0234. The molecule has 1 aliphatic heterocycles. The minimum atomic E-state index is -0.309. The quantitative estimate of drug-likeness (QED) is 0.584. The molecule has 1 amide bonds. The van der Waals surface area contributed by atoms with E-state index >= 15 is 0 Å². The Morgan fingerprint density at radius 2 is 2.50 bits per heavy atom. The highest BCUT2D eigenvalue weighted by Crippen LogP contribution is 2.10. The number of hydrogen-bond acceptors (Lipinski definition) is 3. The number of rotatable bonds is 3. The summed E-state index contributed by atoms with van der Waals surface area (Å²) >= 11 is 0. The minimum Gasteiger partial charge on any atom is -0.396 e. The number of aliphatic hydroxyl groups is 1. The third-order valence-electron chi connectivity index (χ3n) is 2.18. The number of likely N-dealkylation sites (tertiary alicyclic amines) is 1. The van der Waals surface area contributed by atoms with Crippen LogP contribution in [-0.4, -0.2) is 41.7 Å². The van der Waals surface area contributed by atoms with E-state index < -0.39 is 0 Å². The maximum atomic E-state index is 11.3. The van der Waals surface area contributed by atoms with Gasteiger partial charge in [0.15, 0.2) is 0 Å². The maximum Gasteiger partial charge on any atom is 0.239 e. The molecule has 12 heavy (non-hydrogen) atoms. The lowest BCUT2D eigenvalue weighted by atomic mass is 10.2. The number of carbonyl (C=O) groups excluding carboxylic acids is 1. The first kappa shape index (κ1) is 9.48. The van der Waals surface area contributed by atoms with Crippen LogP contribution in [0.15, 0.2) is 0 Å². The van der Waals surface area contributed by atoms with E-state index in [2.05, 4.69) is 0 Å². The lowest BCUT2D eigenvalue weighted by Crippen LogP contribution is -2.36. The van der Waals surface area contributed by atoms with E-state index in [0.717, 1.165) is 13.0 Å². The summed E-state index contributed by atoms with van der Waals surface area (Å²) in [5.41, 5.74) is 5.53. The van der Waals surface area contributed by atoms with Gasteiger partial charge in [0.2, 0.25) is 5.91 Å². The van der Waals surface area contributed by atoms with Crippen molar-refractivity contribution in [1.29, 1.82) is 0 Å². The SMILES string of the molecule is CC(CO)CN1CCC(N)C1=O. The lowest BCUT2D eigenvalue weighted by Gasteiger charge is -2.19. The maximum absolute atomic E-state index is 11.3. The molecule has 1 aliphatic rings. The van der Waals surface area contributed by atoms with Crippen LogP contribution in [0.3, 0.4) is 0 Å². The van der Waals surface area contributed by atoms with Crippen LogP contribution >= 0.6 is 0 Å². The molecular formula is C8H16N2O2. The van der Waals surface area contributed by atoms with Crippen LogP contribution < -0.4 is 5.73 Å². The fourth-order valence-electron chi connectivity index (χ4n) is 1.38. The Labute approximate surface area is 72.3 Å². The molecule has 0 aromatic heterocycles. The van der Waals surface area contributed by atoms with Gasteiger partial charge in [-0.2, -0.15) is 0 Å². The molecule has 3 N–H and O–H groups in total. The smallest absolute Gasteiger partial charge is 0.239 e. The van der Waals surface area contributed by atoms with Gasteiger partial charge in [0.05, 0.1) is 6.04 Å². The molecule has 1 fully saturated rings. The number of aliphatic hydroxyl groups excluding tert-OH is 1. The van der Waals surface area contributed by atoms with E-state index in [0.29, 0.717) is 6.54 Å². The molecule has 1 heterocycles. The summed E-state index contributed by atoms with van der Waals surface area (Å²) < 4.78 is 0. The molecule has 4 nitrogen and oxygen atoms in total. The van der Waals surface area contributed by atoms with Crippen LogP contribution in [0.2, 0.25) is 0 Å². The number of nitrogens with zero attached hydrogens (tertiary/aromatic N) is 1. The third kappa shape index (κ3) is 1.95. The molecule has 2 unspecified atom stereocenters. The average Bonchev–Trinajstić information content (AvgIpc) is 2.36. The zero-order chi connectivity index (χ0) is 9.14. The van der Waals surface area contributed by atoms with Crippen LogP contribution in [0, 0.1) is 5.92 Å². The van der Waals surface area contributed by atoms with Crippen molar-refractivity contribution in [3.05, 3.63) is 0 Å². The second kappa shape index (κ2) is 3.87. The average molecular weight is 172 g/mol. The van der Waals surface area contributed by atoms with Crippen molar-refractivity contribution in [2.24, 2.45) is 11.7 Å². The topological polar surface area (TPSA) is 66.6 Å². The Morgan fingerprint density at radius 3 is 2.92 bits per heavy atom. The molecule has 1 saturated heterocycles. The summed E-state index contributed by atoms with van der Waals surface area (Å²) in [5.74, 6) is 0.176. The Kier molecular flexibility index (Phi) is 3.05. The first-order chi connectivity index (χ1) is 5.65. The Bertz CT molecular complexity index is 172. The molecule has 0 spiro atoms. The molecule has 70 valence electrons. The van der Waals surface area contributed by atoms with E-state index in [4.69, 9.17) is 10.8 Å². The zero-order valence-electron chi connectivity index (χ0n) is 7.36. The zero-order valence-corrected chi connectivity index (χ0v) is 7.36. The number of nitrogens with two attached hydrogens (primary N) is 1. The van der Waals surface area contributed by atoms with Gasteiger partial charge in [0.25, 0.3) is 0 Å². The van der Waals surface area contributed by atoms with Gasteiger partial charge in [-0.3, -0.25) is 4.79 Å². The molecule has 2 atom stereocenters. The van der Waals surface area contributed by atoms with Crippen molar-refractivity contribution in [3.63, 3.8) is 0 Å². The van der Waals surface area contributed by atoms with Crippen molar-refractivity contribution < 1.29 is 9.90 Å². The van der Waals surface area contributed by atoms with Gasteiger partial charge >= 0.3 is 0 Å². The van der Waals surface area contributed by atoms with Gasteiger partial charge in [-0.25, -0.2) is 0 Å². The van der Waals surface area contributed by atoms with Crippen molar-refractivity contribution in [1.82, 2.24) is 4.90 Å². The summed E-state index contributed by atoms with van der Waals surface area (Å²) in [7, 11) is 0. The molecular weight excluding hydrogens is 156 g/mol. The fourth-order valence-corrected chi connectivity index (χ4v) is 1.38. The first-order valence-electron chi connectivity index (χ1n) is 4.30. The molecule has 0 saturated carbocycles. The monoisotopic (exact) mass is 172 g/mol. The molecule has 0 radical (unpaired) electrons. The molecule has 4 heteroatoms. The predicted octanol–water partition coefficient (Wildman–Crippen LogP) is -0.826. The van der Waals surface area contributed by atoms with Crippen LogP contribution in [0.1, 0.15) is 13.3 Å². The molecule has 0 aromatic rings. The lowest BCUT2D eigenvalue weighted by molar-refractivity contribution is -0.129. The van der Waals surface area contributed by atoms with Crippen LogP contribution in [0.4, 0.5) is 0 Å². The van der Waals surface area contributed by atoms with Crippen molar-refractivity contribution in [3.8, 4) is 0 Å². The summed E-state index contributed by atoms with van der Waals surface area (Å²) in [5, 5.41) is 8.78. The van der Waals surface area contributed by atoms with Crippen LogP contribution in [0.25, 0.3) is 0 Å². The molecule has 0 bridgehead atoms. The van der Waals surface area contributed by atoms with Gasteiger partial charge < -0.3 is 15.7 Å². The van der Waals surface area contributed by atoms with E-state index in [-0.39, 0.29) is 24.5 Å². The molecule has 0 aromatic carbocycles.